The van der Waals surface area contributed by atoms with Crippen molar-refractivity contribution in [3.05, 3.63) is 120 Å². The third-order valence-electron chi connectivity index (χ3n) is 8.95. The number of hydrazone groups is 1. The number of carbonyl (C=O) groups excluding carboxylic acids is 4. The van der Waals surface area contributed by atoms with Gasteiger partial charge in [-0.15, -0.1) is 4.33 Å². The van der Waals surface area contributed by atoms with E-state index in [0.717, 1.165) is 28.8 Å². The number of rotatable bonds is 20. The summed E-state index contributed by atoms with van der Waals surface area (Å²) in [5.41, 5.74) is 1.18. The monoisotopic (exact) mass is 930 g/mol. The number of ether oxygens (including phenoxy) is 4. The Morgan fingerprint density at radius 1 is 0.769 bits per heavy atom. The molecule has 2 N–H and O–H groups in total. The van der Waals surface area contributed by atoms with Crippen LogP contribution in [0, 0.1) is 0 Å². The lowest BCUT2D eigenvalue weighted by Gasteiger charge is -2.20. The number of carboxylic acids is 1. The number of aliphatic carboxylic acids is 1. The summed E-state index contributed by atoms with van der Waals surface area (Å²) in [7, 11) is -1.48. The lowest BCUT2D eigenvalue weighted by molar-refractivity contribution is -0.208. The van der Waals surface area contributed by atoms with Crippen molar-refractivity contribution in [1.29, 1.82) is 0 Å². The van der Waals surface area contributed by atoms with Crippen LogP contribution in [0.4, 0.5) is 11.4 Å². The number of nitrogens with zero attached hydrogens (tertiary/aromatic N) is 4. The lowest BCUT2D eigenvalue weighted by Crippen LogP contribution is -2.37. The first-order valence-corrected chi connectivity index (χ1v) is 21.6. The second-order valence-electron chi connectivity index (χ2n) is 13.8. The summed E-state index contributed by atoms with van der Waals surface area (Å²) in [5, 5.41) is 32.6. The molecule has 5 rings (SSSR count). The van der Waals surface area contributed by atoms with Crippen LogP contribution < -0.4 is 14.5 Å². The molecule has 0 amide bonds. The number of aliphatic hydroxyl groups is 1. The molecule has 1 heterocycles. The quantitative estimate of drug-likeness (QED) is 0.0247. The molecule has 19 nitrogen and oxygen atoms in total. The standard InChI is InChI=1S/C44H42N4O15S2/c1-27(60-37(49)23-9-29-5-15-33(58-3)16-6-29)25-39(51)62-63-64-35-19-11-31(12-20-35)45-46-41-42(44(54)55)47-48(43(41)53)32-13-21-36(22-14-32)65(56,57)40(52)26-28(2)61-38(50)24-10-30-7-17-34(59-4)18-8-30/h5-24,27-28,41,43,53H,25-26H2,1-4H3,(H,54,55). The van der Waals surface area contributed by atoms with Crippen LogP contribution in [0.3, 0.4) is 0 Å². The highest BCUT2D eigenvalue weighted by molar-refractivity contribution is 8.06. The Morgan fingerprint density at radius 2 is 1.29 bits per heavy atom. The average Bonchev–Trinajstić information content (AvgIpc) is 3.63. The van der Waals surface area contributed by atoms with E-state index >= 15 is 0 Å². The fourth-order valence-electron chi connectivity index (χ4n) is 5.63. The molecule has 0 saturated carbocycles. The molecule has 0 aliphatic carbocycles. The minimum atomic E-state index is -4.55. The normalized spacial score (nSPS) is 16.0. The molecule has 0 saturated heterocycles. The molecule has 4 aromatic carbocycles. The number of hydrogen-bond donors (Lipinski definition) is 2. The van der Waals surface area contributed by atoms with E-state index in [1.165, 1.54) is 69.5 Å². The van der Waals surface area contributed by atoms with Gasteiger partial charge in [-0.25, -0.2) is 32.6 Å². The molecular formula is C44H42N4O15S2. The van der Waals surface area contributed by atoms with Crippen molar-refractivity contribution in [2.75, 3.05) is 19.2 Å². The molecule has 0 aromatic heterocycles. The van der Waals surface area contributed by atoms with E-state index in [9.17, 15) is 42.6 Å². The molecule has 0 spiro atoms. The smallest absolute Gasteiger partial charge is 0.354 e. The van der Waals surface area contributed by atoms with E-state index in [4.69, 9.17) is 28.2 Å². The Balaban J connectivity index is 1.08. The average molecular weight is 931 g/mol. The fourth-order valence-corrected chi connectivity index (χ4v) is 7.28. The van der Waals surface area contributed by atoms with Crippen LogP contribution >= 0.6 is 12.0 Å². The van der Waals surface area contributed by atoms with Gasteiger partial charge in [0.15, 0.2) is 18.0 Å². The molecule has 1 aliphatic heterocycles. The minimum Gasteiger partial charge on any atom is -0.497 e. The van der Waals surface area contributed by atoms with Gasteiger partial charge in [-0.1, -0.05) is 24.3 Å². The Kier molecular flexibility index (Phi) is 17.2. The Bertz CT molecular complexity index is 2560. The summed E-state index contributed by atoms with van der Waals surface area (Å²) in [6, 6.07) is 23.0. The van der Waals surface area contributed by atoms with Crippen molar-refractivity contribution in [3.8, 4) is 11.5 Å². The number of methoxy groups -OCH3 is 2. The van der Waals surface area contributed by atoms with E-state index in [-0.39, 0.29) is 17.8 Å². The third kappa shape index (κ3) is 14.1. The molecule has 4 atom stereocenters. The SMILES string of the molecule is COc1ccc(C=CC(=O)OC(C)CC(=O)OOSc2ccc(N=NC3C(C(=O)O)=NN(c4ccc(S(=O)(=O)C(=O)CC(C)OC(=O)C=Cc5ccc(OC)cc5)cc4)C3O)cc2)cc1. The first kappa shape index (κ1) is 48.8. The maximum Gasteiger partial charge on any atom is 0.354 e. The van der Waals surface area contributed by atoms with Gasteiger partial charge in [-0.05, 0) is 110 Å². The van der Waals surface area contributed by atoms with Crippen LogP contribution in [0.25, 0.3) is 12.2 Å². The van der Waals surface area contributed by atoms with Gasteiger partial charge in [-0.2, -0.15) is 15.3 Å². The van der Waals surface area contributed by atoms with Gasteiger partial charge >= 0.3 is 23.9 Å². The number of aliphatic hydroxyl groups excluding tert-OH is 1. The highest BCUT2D eigenvalue weighted by Crippen LogP contribution is 2.29. The summed E-state index contributed by atoms with van der Waals surface area (Å²) in [6.45, 7) is 2.89. The van der Waals surface area contributed by atoms with E-state index in [0.29, 0.717) is 34.0 Å². The number of carbonyl (C=O) groups is 5. The van der Waals surface area contributed by atoms with Crippen LogP contribution in [0.1, 0.15) is 37.8 Å². The number of sulfone groups is 1. The summed E-state index contributed by atoms with van der Waals surface area (Å²) in [6.07, 6.45) is 0.933. The van der Waals surface area contributed by atoms with Crippen LogP contribution in [-0.4, -0.2) is 92.0 Å². The number of hydrogen-bond acceptors (Lipinski definition) is 19. The highest BCUT2D eigenvalue weighted by Gasteiger charge is 2.41. The Morgan fingerprint density at radius 3 is 1.80 bits per heavy atom. The van der Waals surface area contributed by atoms with Crippen molar-refractivity contribution in [3.63, 3.8) is 0 Å². The van der Waals surface area contributed by atoms with Gasteiger partial charge in [0.1, 0.15) is 23.7 Å². The number of carboxylic acid groups (broad SMARTS) is 1. The molecule has 21 heteroatoms. The molecular weight excluding hydrogens is 889 g/mol. The molecule has 0 fully saturated rings. The van der Waals surface area contributed by atoms with Crippen LogP contribution in [0.2, 0.25) is 0 Å². The number of anilines is 1. The fraction of sp³-hybridized carbons (Fsp3) is 0.227. The second-order valence-corrected chi connectivity index (χ2v) is 16.5. The zero-order chi connectivity index (χ0) is 47.1. The summed E-state index contributed by atoms with van der Waals surface area (Å²) in [5.74, 6) is -2.44. The van der Waals surface area contributed by atoms with Crippen molar-refractivity contribution in [2.45, 2.75) is 61.0 Å². The topological polar surface area (TPSA) is 256 Å². The van der Waals surface area contributed by atoms with Gasteiger partial charge in [0.25, 0.3) is 5.12 Å². The lowest BCUT2D eigenvalue weighted by atomic mass is 10.1. The second kappa shape index (κ2) is 22.9. The maximum absolute atomic E-state index is 13.1. The molecule has 0 bridgehead atoms. The van der Waals surface area contributed by atoms with Gasteiger partial charge in [-0.3, -0.25) is 9.68 Å². The summed E-state index contributed by atoms with van der Waals surface area (Å²) < 4.78 is 51.7. The molecule has 0 radical (unpaired) electrons. The van der Waals surface area contributed by atoms with Crippen molar-refractivity contribution in [2.24, 2.45) is 15.3 Å². The Labute approximate surface area is 377 Å². The zero-order valence-corrected chi connectivity index (χ0v) is 36.7. The van der Waals surface area contributed by atoms with Gasteiger partial charge < -0.3 is 29.2 Å². The van der Waals surface area contributed by atoms with Crippen LogP contribution in [-0.2, 0) is 52.5 Å². The number of benzene rings is 4. The van der Waals surface area contributed by atoms with E-state index in [1.54, 1.807) is 61.7 Å². The third-order valence-corrected chi connectivity index (χ3v) is 11.2. The van der Waals surface area contributed by atoms with Crippen molar-refractivity contribution >= 4 is 80.1 Å². The van der Waals surface area contributed by atoms with Crippen molar-refractivity contribution in [1.82, 2.24) is 0 Å². The molecule has 4 aromatic rings. The van der Waals surface area contributed by atoms with E-state index < -0.39 is 80.3 Å². The van der Waals surface area contributed by atoms with Gasteiger partial charge in [0, 0.05) is 17.0 Å². The first-order valence-electron chi connectivity index (χ1n) is 19.3. The largest absolute Gasteiger partial charge is 0.497 e. The van der Waals surface area contributed by atoms with Gasteiger partial charge in [0.2, 0.25) is 9.84 Å². The van der Waals surface area contributed by atoms with E-state index in [2.05, 4.69) is 15.3 Å². The Hall–Kier alpha value is -7.20. The summed E-state index contributed by atoms with van der Waals surface area (Å²) >= 11 is 0.697. The molecule has 340 valence electrons. The highest BCUT2D eigenvalue weighted by atomic mass is 32.2. The number of azo groups is 1. The minimum absolute atomic E-state index is 0.0711. The molecule has 65 heavy (non-hydrogen) atoms. The molecule has 1 aliphatic rings. The first-order chi connectivity index (χ1) is 31.1. The van der Waals surface area contributed by atoms with E-state index in [1.807, 2.05) is 0 Å². The molecule has 4 unspecified atom stereocenters. The summed E-state index contributed by atoms with van der Waals surface area (Å²) in [4.78, 5) is 66.4. The van der Waals surface area contributed by atoms with Gasteiger partial charge in [0.05, 0.1) is 55.4 Å². The predicted octanol–water partition coefficient (Wildman–Crippen LogP) is 6.29. The zero-order valence-electron chi connectivity index (χ0n) is 35.1. The maximum atomic E-state index is 13.1. The predicted molar refractivity (Wildman–Crippen MR) is 234 cm³/mol. The van der Waals surface area contributed by atoms with Crippen molar-refractivity contribution < 1.29 is 70.8 Å². The van der Waals surface area contributed by atoms with Crippen LogP contribution in [0.15, 0.2) is 134 Å². The van der Waals surface area contributed by atoms with Crippen LogP contribution in [0.5, 0.6) is 11.5 Å². The number of esters is 2.